The fourth-order valence-electron chi connectivity index (χ4n) is 4.66. The quantitative estimate of drug-likeness (QED) is 0.258. The van der Waals surface area contributed by atoms with E-state index in [1.165, 1.54) is 25.7 Å². The molecule has 3 aromatic carbocycles. The standard InChI is InChI=1S/C27H22O2/c1-17-6-8-18(9-7-17)10-11-19-12-13-21-23-16-26-22(15-27(23)29-25(21)14-19)20-4-2-3-5-24(20)28-26/h2-5,12-18H,6-9H2,1H3. The smallest absolute Gasteiger partial charge is 0.136 e. The molecule has 0 radical (unpaired) electrons. The van der Waals surface area contributed by atoms with Gasteiger partial charge in [-0.25, -0.2) is 0 Å². The summed E-state index contributed by atoms with van der Waals surface area (Å²) in [5.74, 6) is 8.28. The largest absolute Gasteiger partial charge is 0.456 e. The van der Waals surface area contributed by atoms with Crippen LogP contribution in [0.3, 0.4) is 0 Å². The molecule has 0 amide bonds. The molecule has 0 unspecified atom stereocenters. The highest BCUT2D eigenvalue weighted by molar-refractivity contribution is 6.14. The zero-order valence-corrected chi connectivity index (χ0v) is 16.5. The number of hydrogen-bond acceptors (Lipinski definition) is 2. The summed E-state index contributed by atoms with van der Waals surface area (Å²) in [5.41, 5.74) is 4.63. The molecule has 0 atom stereocenters. The molecule has 1 aliphatic rings. The van der Waals surface area contributed by atoms with Crippen molar-refractivity contribution >= 4 is 43.9 Å². The highest BCUT2D eigenvalue weighted by Gasteiger charge is 2.16. The highest BCUT2D eigenvalue weighted by atomic mass is 16.3. The summed E-state index contributed by atoms with van der Waals surface area (Å²) < 4.78 is 12.3. The summed E-state index contributed by atoms with van der Waals surface area (Å²) >= 11 is 0. The Labute approximate surface area is 169 Å². The number of hydrogen-bond donors (Lipinski definition) is 0. The van der Waals surface area contributed by atoms with E-state index in [4.69, 9.17) is 8.83 Å². The van der Waals surface area contributed by atoms with Gasteiger partial charge in [0.15, 0.2) is 0 Å². The molecule has 1 aliphatic carbocycles. The molecule has 0 aliphatic heterocycles. The molecule has 0 spiro atoms. The van der Waals surface area contributed by atoms with Crippen LogP contribution in [0.25, 0.3) is 43.9 Å². The lowest BCUT2D eigenvalue weighted by Gasteiger charge is -2.21. The third-order valence-corrected chi connectivity index (χ3v) is 6.41. The fourth-order valence-corrected chi connectivity index (χ4v) is 4.66. The molecule has 0 bridgehead atoms. The van der Waals surface area contributed by atoms with Crippen molar-refractivity contribution in [3.8, 4) is 11.8 Å². The molecular weight excluding hydrogens is 356 g/mol. The molecule has 0 N–H and O–H groups in total. The van der Waals surface area contributed by atoms with Crippen molar-refractivity contribution in [3.05, 3.63) is 60.2 Å². The minimum atomic E-state index is 0.540. The third-order valence-electron chi connectivity index (χ3n) is 6.41. The van der Waals surface area contributed by atoms with E-state index in [1.807, 2.05) is 18.2 Å². The molecule has 1 fully saturated rings. The molecule has 142 valence electrons. The predicted molar refractivity (Wildman–Crippen MR) is 119 cm³/mol. The summed E-state index contributed by atoms with van der Waals surface area (Å²) in [5, 5.41) is 4.42. The molecule has 2 aromatic heterocycles. The minimum Gasteiger partial charge on any atom is -0.456 e. The Hall–Kier alpha value is -3.18. The van der Waals surface area contributed by atoms with E-state index >= 15 is 0 Å². The van der Waals surface area contributed by atoms with Gasteiger partial charge in [0.25, 0.3) is 0 Å². The van der Waals surface area contributed by atoms with Crippen molar-refractivity contribution in [1.82, 2.24) is 0 Å². The monoisotopic (exact) mass is 378 g/mol. The zero-order valence-electron chi connectivity index (χ0n) is 16.5. The van der Waals surface area contributed by atoms with Crippen LogP contribution in [0.15, 0.2) is 63.4 Å². The van der Waals surface area contributed by atoms with E-state index < -0.39 is 0 Å². The first-order valence-corrected chi connectivity index (χ1v) is 10.5. The van der Waals surface area contributed by atoms with Crippen LogP contribution in [0.1, 0.15) is 38.2 Å². The second kappa shape index (κ2) is 6.42. The maximum Gasteiger partial charge on any atom is 0.136 e. The molecule has 29 heavy (non-hydrogen) atoms. The zero-order chi connectivity index (χ0) is 19.4. The first-order chi connectivity index (χ1) is 14.2. The Bertz CT molecular complexity index is 1430. The predicted octanol–water partition coefficient (Wildman–Crippen LogP) is 7.66. The number of benzene rings is 3. The van der Waals surface area contributed by atoms with Gasteiger partial charge in [-0.3, -0.25) is 0 Å². The van der Waals surface area contributed by atoms with Gasteiger partial charge in [0.05, 0.1) is 0 Å². The lowest BCUT2D eigenvalue weighted by Crippen LogP contribution is -2.10. The topological polar surface area (TPSA) is 26.3 Å². The van der Waals surface area contributed by atoms with Crippen LogP contribution in [-0.2, 0) is 0 Å². The normalized spacial score (nSPS) is 19.8. The van der Waals surface area contributed by atoms with Crippen molar-refractivity contribution in [2.75, 3.05) is 0 Å². The van der Waals surface area contributed by atoms with Gasteiger partial charge in [-0.05, 0) is 68.0 Å². The number of furan rings is 2. The fraction of sp³-hybridized carbons (Fsp3) is 0.259. The average Bonchev–Trinajstić information content (AvgIpc) is 3.28. The number of rotatable bonds is 0. The number of para-hydroxylation sites is 1. The number of fused-ring (bicyclic) bond motifs is 6. The van der Waals surface area contributed by atoms with Crippen LogP contribution in [0.5, 0.6) is 0 Å². The van der Waals surface area contributed by atoms with Crippen molar-refractivity contribution in [2.24, 2.45) is 11.8 Å². The Morgan fingerprint density at radius 3 is 2.14 bits per heavy atom. The molecule has 1 saturated carbocycles. The van der Waals surface area contributed by atoms with E-state index in [0.29, 0.717) is 5.92 Å². The Morgan fingerprint density at radius 2 is 1.34 bits per heavy atom. The lowest BCUT2D eigenvalue weighted by molar-refractivity contribution is 0.337. The van der Waals surface area contributed by atoms with Crippen LogP contribution in [0.4, 0.5) is 0 Å². The summed E-state index contributed by atoms with van der Waals surface area (Å²) in [6.45, 7) is 2.35. The highest BCUT2D eigenvalue weighted by Crippen LogP contribution is 2.36. The third kappa shape index (κ3) is 2.81. The Morgan fingerprint density at radius 1 is 0.690 bits per heavy atom. The van der Waals surface area contributed by atoms with Crippen molar-refractivity contribution in [1.29, 1.82) is 0 Å². The van der Waals surface area contributed by atoms with Gasteiger partial charge in [0.1, 0.15) is 22.3 Å². The lowest BCUT2D eigenvalue weighted by atomic mass is 9.83. The molecule has 6 rings (SSSR count). The van der Waals surface area contributed by atoms with E-state index in [2.05, 4.69) is 55.2 Å². The molecule has 2 heteroatoms. The SMILES string of the molecule is CC1CCC(C#Cc2ccc3c(c2)oc2cc4c(cc23)oc2ccccc24)CC1. The summed E-state index contributed by atoms with van der Waals surface area (Å²) in [6.07, 6.45) is 5.07. The maximum absolute atomic E-state index is 6.22. The second-order valence-electron chi connectivity index (χ2n) is 8.48. The van der Waals surface area contributed by atoms with Gasteiger partial charge < -0.3 is 8.83 Å². The van der Waals surface area contributed by atoms with E-state index in [9.17, 15) is 0 Å². The van der Waals surface area contributed by atoms with Gasteiger partial charge in [-0.1, -0.05) is 37.0 Å². The first-order valence-electron chi connectivity index (χ1n) is 10.5. The molecule has 2 nitrogen and oxygen atoms in total. The average molecular weight is 378 g/mol. The van der Waals surface area contributed by atoms with E-state index in [1.54, 1.807) is 0 Å². The van der Waals surface area contributed by atoms with Crippen molar-refractivity contribution in [3.63, 3.8) is 0 Å². The van der Waals surface area contributed by atoms with Gasteiger partial charge in [-0.15, -0.1) is 0 Å². The van der Waals surface area contributed by atoms with Gasteiger partial charge in [-0.2, -0.15) is 0 Å². The van der Waals surface area contributed by atoms with Crippen LogP contribution in [-0.4, -0.2) is 0 Å². The van der Waals surface area contributed by atoms with Crippen LogP contribution >= 0.6 is 0 Å². The van der Waals surface area contributed by atoms with Crippen molar-refractivity contribution < 1.29 is 8.83 Å². The van der Waals surface area contributed by atoms with Gasteiger partial charge in [0, 0.05) is 33.0 Å². The summed E-state index contributed by atoms with van der Waals surface area (Å²) in [4.78, 5) is 0. The van der Waals surface area contributed by atoms with Gasteiger partial charge >= 0.3 is 0 Å². The minimum absolute atomic E-state index is 0.540. The summed E-state index contributed by atoms with van der Waals surface area (Å²) in [6, 6.07) is 18.7. The molecule has 5 aromatic rings. The first kappa shape index (κ1) is 16.7. The van der Waals surface area contributed by atoms with E-state index in [-0.39, 0.29) is 0 Å². The summed E-state index contributed by atoms with van der Waals surface area (Å²) in [7, 11) is 0. The van der Waals surface area contributed by atoms with Crippen molar-refractivity contribution in [2.45, 2.75) is 32.6 Å². The second-order valence-corrected chi connectivity index (χ2v) is 8.48. The molecule has 2 heterocycles. The Balaban J connectivity index is 1.43. The molecular formula is C27H22O2. The van der Waals surface area contributed by atoms with E-state index in [0.717, 1.165) is 55.4 Å². The van der Waals surface area contributed by atoms with Crippen LogP contribution in [0, 0.1) is 23.7 Å². The van der Waals surface area contributed by atoms with Crippen LogP contribution < -0.4 is 0 Å². The molecule has 0 saturated heterocycles. The maximum atomic E-state index is 6.22. The van der Waals surface area contributed by atoms with Gasteiger partial charge in [0.2, 0.25) is 0 Å². The Kier molecular flexibility index (Phi) is 3.71. The van der Waals surface area contributed by atoms with Crippen LogP contribution in [0.2, 0.25) is 0 Å².